The number of esters is 1. The van der Waals surface area contributed by atoms with E-state index in [2.05, 4.69) is 9.73 Å². The SMILES string of the molecule is COC(=O)CCCN=C(c1ccc(Cl)cc1)c1cc(F)ccc1O. The van der Waals surface area contributed by atoms with Gasteiger partial charge in [0.1, 0.15) is 11.6 Å². The first-order valence-electron chi connectivity index (χ1n) is 7.37. The van der Waals surface area contributed by atoms with E-state index in [1.54, 1.807) is 24.3 Å². The Kier molecular flexibility index (Phi) is 6.32. The molecular formula is C18H17ClFNO3. The van der Waals surface area contributed by atoms with Gasteiger partial charge in [-0.1, -0.05) is 23.7 Å². The van der Waals surface area contributed by atoms with Crippen molar-refractivity contribution in [3.63, 3.8) is 0 Å². The van der Waals surface area contributed by atoms with Crippen molar-refractivity contribution in [3.05, 3.63) is 64.4 Å². The summed E-state index contributed by atoms with van der Waals surface area (Å²) in [6.07, 6.45) is 0.725. The molecule has 2 rings (SSSR count). The Bertz CT molecular complexity index is 744. The summed E-state index contributed by atoms with van der Waals surface area (Å²) in [4.78, 5) is 15.6. The molecule has 0 amide bonds. The van der Waals surface area contributed by atoms with Crippen molar-refractivity contribution >= 4 is 23.3 Å². The predicted molar refractivity (Wildman–Crippen MR) is 91.3 cm³/mol. The van der Waals surface area contributed by atoms with Gasteiger partial charge >= 0.3 is 5.97 Å². The van der Waals surface area contributed by atoms with Crippen molar-refractivity contribution in [2.75, 3.05) is 13.7 Å². The summed E-state index contributed by atoms with van der Waals surface area (Å²) in [5.41, 5.74) is 1.42. The van der Waals surface area contributed by atoms with Gasteiger partial charge in [-0.15, -0.1) is 0 Å². The molecule has 0 unspecified atom stereocenters. The molecular weight excluding hydrogens is 333 g/mol. The molecule has 0 aliphatic heterocycles. The highest BCUT2D eigenvalue weighted by Gasteiger charge is 2.13. The molecule has 0 saturated heterocycles. The van der Waals surface area contributed by atoms with Crippen LogP contribution in [0.25, 0.3) is 0 Å². The number of aliphatic imine (C=N–C) groups is 1. The first-order valence-corrected chi connectivity index (χ1v) is 7.75. The summed E-state index contributed by atoms with van der Waals surface area (Å²) in [7, 11) is 1.33. The van der Waals surface area contributed by atoms with E-state index in [-0.39, 0.29) is 23.7 Å². The first kappa shape index (κ1) is 17.9. The minimum Gasteiger partial charge on any atom is -0.507 e. The Labute approximate surface area is 144 Å². The Morgan fingerprint density at radius 2 is 1.96 bits per heavy atom. The molecule has 24 heavy (non-hydrogen) atoms. The molecule has 0 aromatic heterocycles. The number of nitrogens with zero attached hydrogens (tertiary/aromatic N) is 1. The zero-order valence-corrected chi connectivity index (χ0v) is 13.9. The first-order chi connectivity index (χ1) is 11.5. The fourth-order valence-electron chi connectivity index (χ4n) is 2.15. The number of benzene rings is 2. The number of rotatable bonds is 6. The fourth-order valence-corrected chi connectivity index (χ4v) is 2.28. The van der Waals surface area contributed by atoms with E-state index in [1.807, 2.05) is 0 Å². The van der Waals surface area contributed by atoms with Gasteiger partial charge in [0, 0.05) is 29.1 Å². The lowest BCUT2D eigenvalue weighted by atomic mass is 10.0. The van der Waals surface area contributed by atoms with E-state index < -0.39 is 5.82 Å². The van der Waals surface area contributed by atoms with E-state index in [0.29, 0.717) is 29.3 Å². The molecule has 0 atom stereocenters. The molecule has 4 nitrogen and oxygen atoms in total. The third-order valence-corrected chi connectivity index (χ3v) is 3.62. The number of carbonyl (C=O) groups is 1. The lowest BCUT2D eigenvalue weighted by molar-refractivity contribution is -0.140. The molecule has 6 heteroatoms. The van der Waals surface area contributed by atoms with Gasteiger partial charge in [-0.25, -0.2) is 4.39 Å². The van der Waals surface area contributed by atoms with Crippen LogP contribution in [0.4, 0.5) is 4.39 Å². The zero-order valence-electron chi connectivity index (χ0n) is 13.1. The highest BCUT2D eigenvalue weighted by Crippen LogP contribution is 2.23. The lowest BCUT2D eigenvalue weighted by Gasteiger charge is -2.10. The molecule has 0 bridgehead atoms. The zero-order chi connectivity index (χ0) is 17.5. The average Bonchev–Trinajstić information content (AvgIpc) is 2.58. The smallest absolute Gasteiger partial charge is 0.305 e. The van der Waals surface area contributed by atoms with Crippen LogP contribution >= 0.6 is 11.6 Å². The van der Waals surface area contributed by atoms with Crippen molar-refractivity contribution in [1.82, 2.24) is 0 Å². The topological polar surface area (TPSA) is 58.9 Å². The Morgan fingerprint density at radius 3 is 2.62 bits per heavy atom. The van der Waals surface area contributed by atoms with Crippen LogP contribution in [0, 0.1) is 5.82 Å². The summed E-state index contributed by atoms with van der Waals surface area (Å²) >= 11 is 5.90. The predicted octanol–water partition coefficient (Wildman–Crippen LogP) is 3.98. The molecule has 0 aliphatic rings. The number of phenolic OH excluding ortho intramolecular Hbond substituents is 1. The Balaban J connectivity index is 2.32. The third-order valence-electron chi connectivity index (χ3n) is 3.37. The van der Waals surface area contributed by atoms with Crippen LogP contribution in [0.15, 0.2) is 47.5 Å². The van der Waals surface area contributed by atoms with Gasteiger partial charge in [0.2, 0.25) is 0 Å². The highest BCUT2D eigenvalue weighted by molar-refractivity contribution is 6.30. The monoisotopic (exact) mass is 349 g/mol. The fraction of sp³-hybridized carbons (Fsp3) is 0.222. The maximum absolute atomic E-state index is 13.6. The summed E-state index contributed by atoms with van der Waals surface area (Å²) < 4.78 is 18.2. The van der Waals surface area contributed by atoms with Crippen LogP contribution in [0.2, 0.25) is 5.02 Å². The second kappa shape index (κ2) is 8.45. The van der Waals surface area contributed by atoms with E-state index in [1.165, 1.54) is 25.3 Å². The molecule has 0 spiro atoms. The van der Waals surface area contributed by atoms with Gasteiger partial charge in [-0.2, -0.15) is 0 Å². The van der Waals surface area contributed by atoms with Gasteiger partial charge in [-0.3, -0.25) is 9.79 Å². The second-order valence-corrected chi connectivity index (χ2v) is 5.51. The summed E-state index contributed by atoms with van der Waals surface area (Å²) in [6.45, 7) is 0.336. The van der Waals surface area contributed by atoms with Gasteiger partial charge in [0.25, 0.3) is 0 Å². The number of carbonyl (C=O) groups excluding carboxylic acids is 1. The Morgan fingerprint density at radius 1 is 1.25 bits per heavy atom. The number of hydrogen-bond acceptors (Lipinski definition) is 4. The molecule has 2 aromatic rings. The van der Waals surface area contributed by atoms with E-state index in [4.69, 9.17) is 11.6 Å². The minimum atomic E-state index is -0.473. The van der Waals surface area contributed by atoms with Gasteiger partial charge < -0.3 is 9.84 Å². The van der Waals surface area contributed by atoms with Gasteiger partial charge in [0.15, 0.2) is 0 Å². The van der Waals surface area contributed by atoms with E-state index >= 15 is 0 Å². The van der Waals surface area contributed by atoms with Gasteiger partial charge in [-0.05, 0) is 36.8 Å². The number of aromatic hydroxyl groups is 1. The molecule has 2 aromatic carbocycles. The van der Waals surface area contributed by atoms with Crippen molar-refractivity contribution in [3.8, 4) is 5.75 Å². The Hall–Kier alpha value is -2.40. The maximum atomic E-state index is 13.6. The molecule has 126 valence electrons. The summed E-state index contributed by atoms with van der Waals surface area (Å²) in [5, 5.41) is 10.6. The quantitative estimate of drug-likeness (QED) is 0.487. The van der Waals surface area contributed by atoms with Crippen LogP contribution in [-0.4, -0.2) is 30.4 Å². The van der Waals surface area contributed by atoms with Crippen molar-refractivity contribution in [2.24, 2.45) is 4.99 Å². The van der Waals surface area contributed by atoms with Crippen LogP contribution < -0.4 is 0 Å². The minimum absolute atomic E-state index is 0.0712. The third kappa shape index (κ3) is 4.80. The number of phenols is 1. The number of halogens is 2. The number of methoxy groups -OCH3 is 1. The van der Waals surface area contributed by atoms with E-state index in [0.717, 1.165) is 0 Å². The second-order valence-electron chi connectivity index (χ2n) is 5.08. The van der Waals surface area contributed by atoms with Gasteiger partial charge in [0.05, 0.1) is 12.8 Å². The van der Waals surface area contributed by atoms with Crippen LogP contribution in [0.3, 0.4) is 0 Å². The van der Waals surface area contributed by atoms with Crippen LogP contribution in [0.5, 0.6) is 5.75 Å². The number of ether oxygens (including phenoxy) is 1. The standard InChI is InChI=1S/C18H17ClFNO3/c1-24-17(23)3-2-10-21-18(12-4-6-13(19)7-5-12)15-11-14(20)8-9-16(15)22/h4-9,11,22H,2-3,10H2,1H3. The van der Waals surface area contributed by atoms with E-state index in [9.17, 15) is 14.3 Å². The molecule has 0 saturated carbocycles. The number of hydrogen-bond donors (Lipinski definition) is 1. The van der Waals surface area contributed by atoms with Crippen LogP contribution in [-0.2, 0) is 9.53 Å². The van der Waals surface area contributed by atoms with Crippen molar-refractivity contribution < 1.29 is 19.0 Å². The summed E-state index contributed by atoms with van der Waals surface area (Å²) in [5.74, 6) is -0.857. The maximum Gasteiger partial charge on any atom is 0.305 e. The van der Waals surface area contributed by atoms with Crippen LogP contribution in [0.1, 0.15) is 24.0 Å². The molecule has 1 N–H and O–H groups in total. The lowest BCUT2D eigenvalue weighted by Crippen LogP contribution is -2.07. The average molecular weight is 350 g/mol. The molecule has 0 heterocycles. The normalized spacial score (nSPS) is 11.4. The van der Waals surface area contributed by atoms with Crippen molar-refractivity contribution in [2.45, 2.75) is 12.8 Å². The largest absolute Gasteiger partial charge is 0.507 e. The van der Waals surface area contributed by atoms with Crippen molar-refractivity contribution in [1.29, 1.82) is 0 Å². The molecule has 0 aliphatic carbocycles. The molecule has 0 radical (unpaired) electrons. The molecule has 0 fully saturated rings. The highest BCUT2D eigenvalue weighted by atomic mass is 35.5. The summed E-state index contributed by atoms with van der Waals surface area (Å²) in [6, 6.07) is 10.6.